The third kappa shape index (κ3) is 2.89. The molecule has 1 aliphatic heterocycles. The zero-order chi connectivity index (χ0) is 20.1. The average molecular weight is 390 g/mol. The molecule has 0 unspecified atom stereocenters. The van der Waals surface area contributed by atoms with Gasteiger partial charge in [0, 0.05) is 26.2 Å². The third-order valence-electron chi connectivity index (χ3n) is 5.35. The summed E-state index contributed by atoms with van der Waals surface area (Å²) in [5.41, 5.74) is 2.19. The Morgan fingerprint density at radius 3 is 2.45 bits per heavy atom. The molecule has 0 spiro atoms. The Balaban J connectivity index is 1.43. The van der Waals surface area contributed by atoms with E-state index in [4.69, 9.17) is 9.72 Å². The number of methoxy groups -OCH3 is 1. The summed E-state index contributed by atoms with van der Waals surface area (Å²) in [5.74, 6) is 4.40. The number of nitrogens with zero attached hydrogens (tertiary/aromatic N) is 8. The number of fused-ring (bicyclic) bond motifs is 1. The van der Waals surface area contributed by atoms with Crippen molar-refractivity contribution in [3.8, 4) is 11.8 Å². The van der Waals surface area contributed by atoms with E-state index < -0.39 is 0 Å². The van der Waals surface area contributed by atoms with E-state index in [1.54, 1.807) is 11.8 Å². The number of anilines is 1. The minimum atomic E-state index is 0.316. The molecule has 0 atom stereocenters. The molecule has 0 saturated carbocycles. The summed E-state index contributed by atoms with van der Waals surface area (Å²) in [4.78, 5) is 20.4. The third-order valence-corrected chi connectivity index (χ3v) is 5.35. The van der Waals surface area contributed by atoms with Crippen LogP contribution in [0.5, 0.6) is 6.01 Å². The van der Waals surface area contributed by atoms with Crippen molar-refractivity contribution < 1.29 is 4.74 Å². The van der Waals surface area contributed by atoms with Crippen LogP contribution < -0.4 is 9.64 Å². The minimum absolute atomic E-state index is 0.316. The highest BCUT2D eigenvalue weighted by Gasteiger charge is 2.33. The van der Waals surface area contributed by atoms with Gasteiger partial charge in [0.25, 0.3) is 0 Å². The second-order valence-electron chi connectivity index (χ2n) is 7.31. The molecule has 0 amide bonds. The van der Waals surface area contributed by atoms with Gasteiger partial charge in [0.05, 0.1) is 24.1 Å². The molecular weight excluding hydrogens is 368 g/mol. The Labute approximate surface area is 168 Å². The van der Waals surface area contributed by atoms with Crippen LogP contribution in [0.1, 0.15) is 23.4 Å². The van der Waals surface area contributed by atoms with Crippen molar-refractivity contribution in [3.05, 3.63) is 47.8 Å². The van der Waals surface area contributed by atoms with Gasteiger partial charge in [-0.05, 0) is 26.0 Å². The normalized spacial score (nSPS) is 14.4. The lowest BCUT2D eigenvalue weighted by atomic mass is 9.99. The van der Waals surface area contributed by atoms with Crippen LogP contribution in [0, 0.1) is 13.8 Å². The van der Waals surface area contributed by atoms with Crippen LogP contribution in [-0.4, -0.2) is 54.5 Å². The van der Waals surface area contributed by atoms with Crippen LogP contribution in [-0.2, 0) is 7.05 Å². The molecule has 3 aromatic heterocycles. The number of ether oxygens (including phenoxy) is 1. The van der Waals surface area contributed by atoms with Crippen LogP contribution in [0.4, 0.5) is 5.82 Å². The molecule has 0 radical (unpaired) electrons. The number of hydrogen-bond acceptors (Lipinski definition) is 7. The van der Waals surface area contributed by atoms with Crippen LogP contribution in [0.2, 0.25) is 0 Å². The summed E-state index contributed by atoms with van der Waals surface area (Å²) in [6.07, 6.45) is 0. The molecule has 0 bridgehead atoms. The Hall–Kier alpha value is -3.49. The monoisotopic (exact) mass is 390 g/mol. The molecule has 29 heavy (non-hydrogen) atoms. The Bertz CT molecular complexity index is 1200. The van der Waals surface area contributed by atoms with Gasteiger partial charge >= 0.3 is 6.01 Å². The number of benzene rings is 1. The first kappa shape index (κ1) is 17.6. The lowest BCUT2D eigenvalue weighted by Crippen LogP contribution is -2.46. The molecule has 9 heteroatoms. The summed E-state index contributed by atoms with van der Waals surface area (Å²) in [6.45, 7) is 5.44. The van der Waals surface area contributed by atoms with Crippen molar-refractivity contribution in [2.75, 3.05) is 25.1 Å². The van der Waals surface area contributed by atoms with Gasteiger partial charge in [0.2, 0.25) is 0 Å². The van der Waals surface area contributed by atoms with Crippen molar-refractivity contribution in [3.63, 3.8) is 0 Å². The number of aryl methyl sites for hydroxylation is 3. The quantitative estimate of drug-likeness (QED) is 0.528. The Kier molecular flexibility index (Phi) is 3.97. The molecule has 1 saturated heterocycles. The summed E-state index contributed by atoms with van der Waals surface area (Å²) in [7, 11) is 3.65. The van der Waals surface area contributed by atoms with Gasteiger partial charge in [-0.3, -0.25) is 0 Å². The van der Waals surface area contributed by atoms with Gasteiger partial charge in [0.15, 0.2) is 5.82 Å². The molecule has 4 heterocycles. The van der Waals surface area contributed by atoms with Crippen LogP contribution >= 0.6 is 0 Å². The first-order chi connectivity index (χ1) is 14.0. The molecule has 1 aliphatic rings. The van der Waals surface area contributed by atoms with Crippen molar-refractivity contribution in [1.82, 2.24) is 34.3 Å². The van der Waals surface area contributed by atoms with E-state index in [0.717, 1.165) is 41.6 Å². The standard InChI is InChI=1S/C20H22N8O/c1-12-21-13(2)28(25-12)18-9-17(23-20(24-18)29-4)27-10-14(11-27)19-22-15-7-5-6-8-16(15)26(19)3/h5-9,14H,10-11H2,1-4H3. The van der Waals surface area contributed by atoms with E-state index in [1.807, 2.05) is 32.0 Å². The zero-order valence-corrected chi connectivity index (χ0v) is 16.9. The molecule has 9 nitrogen and oxygen atoms in total. The topological polar surface area (TPSA) is 86.8 Å². The van der Waals surface area contributed by atoms with E-state index in [0.29, 0.717) is 23.6 Å². The van der Waals surface area contributed by atoms with Gasteiger partial charge in [-0.2, -0.15) is 14.6 Å². The second-order valence-corrected chi connectivity index (χ2v) is 7.31. The van der Waals surface area contributed by atoms with E-state index in [9.17, 15) is 0 Å². The summed E-state index contributed by atoms with van der Waals surface area (Å²) in [6, 6.07) is 10.5. The number of para-hydroxylation sites is 2. The predicted molar refractivity (Wildman–Crippen MR) is 109 cm³/mol. The molecule has 0 aliphatic carbocycles. The number of imidazole rings is 1. The van der Waals surface area contributed by atoms with Gasteiger partial charge in [0.1, 0.15) is 23.3 Å². The SMILES string of the molecule is COc1nc(N2CC(c3nc4ccccc4n3C)C2)cc(-n2nc(C)nc2C)n1. The highest BCUT2D eigenvalue weighted by Crippen LogP contribution is 2.32. The van der Waals surface area contributed by atoms with E-state index >= 15 is 0 Å². The van der Waals surface area contributed by atoms with Gasteiger partial charge in [-0.25, -0.2) is 9.97 Å². The van der Waals surface area contributed by atoms with E-state index in [-0.39, 0.29) is 0 Å². The number of rotatable bonds is 4. The maximum Gasteiger partial charge on any atom is 0.320 e. The summed E-state index contributed by atoms with van der Waals surface area (Å²) in [5, 5.41) is 4.43. The second kappa shape index (κ2) is 6.54. The molecule has 5 rings (SSSR count). The first-order valence-electron chi connectivity index (χ1n) is 9.53. The largest absolute Gasteiger partial charge is 0.467 e. The molecule has 1 fully saturated rings. The van der Waals surface area contributed by atoms with Gasteiger partial charge < -0.3 is 14.2 Å². The molecule has 0 N–H and O–H groups in total. The molecule has 4 aromatic rings. The van der Waals surface area contributed by atoms with E-state index in [1.165, 1.54) is 0 Å². The smallest absolute Gasteiger partial charge is 0.320 e. The zero-order valence-electron chi connectivity index (χ0n) is 16.9. The van der Waals surface area contributed by atoms with Crippen LogP contribution in [0.3, 0.4) is 0 Å². The van der Waals surface area contributed by atoms with Gasteiger partial charge in [-0.1, -0.05) is 12.1 Å². The maximum atomic E-state index is 5.33. The van der Waals surface area contributed by atoms with Crippen molar-refractivity contribution >= 4 is 16.9 Å². The number of hydrogen-bond donors (Lipinski definition) is 0. The average Bonchev–Trinajstić information content (AvgIpc) is 3.19. The fraction of sp³-hybridized carbons (Fsp3) is 0.350. The van der Waals surface area contributed by atoms with Crippen LogP contribution in [0.25, 0.3) is 16.9 Å². The fourth-order valence-electron chi connectivity index (χ4n) is 3.86. The predicted octanol–water partition coefficient (Wildman–Crippen LogP) is 2.17. The lowest BCUT2D eigenvalue weighted by Gasteiger charge is -2.39. The summed E-state index contributed by atoms with van der Waals surface area (Å²) < 4.78 is 9.23. The highest BCUT2D eigenvalue weighted by atomic mass is 16.5. The maximum absolute atomic E-state index is 5.33. The van der Waals surface area contributed by atoms with Crippen molar-refractivity contribution in [2.24, 2.45) is 7.05 Å². The van der Waals surface area contributed by atoms with Crippen molar-refractivity contribution in [1.29, 1.82) is 0 Å². The van der Waals surface area contributed by atoms with E-state index in [2.05, 4.69) is 48.7 Å². The van der Waals surface area contributed by atoms with Crippen molar-refractivity contribution in [2.45, 2.75) is 19.8 Å². The summed E-state index contributed by atoms with van der Waals surface area (Å²) >= 11 is 0. The fourth-order valence-corrected chi connectivity index (χ4v) is 3.86. The Morgan fingerprint density at radius 2 is 1.76 bits per heavy atom. The first-order valence-corrected chi connectivity index (χ1v) is 9.53. The Morgan fingerprint density at radius 1 is 1.00 bits per heavy atom. The number of aromatic nitrogens is 7. The molecule has 1 aromatic carbocycles. The minimum Gasteiger partial charge on any atom is -0.467 e. The highest BCUT2D eigenvalue weighted by molar-refractivity contribution is 5.76. The molecule has 148 valence electrons. The van der Waals surface area contributed by atoms with Crippen LogP contribution in [0.15, 0.2) is 30.3 Å². The lowest BCUT2D eigenvalue weighted by molar-refractivity contribution is 0.376. The van der Waals surface area contributed by atoms with Gasteiger partial charge in [-0.15, -0.1) is 5.10 Å². The molecular formula is C20H22N8O.